The molecule has 1 N–H and O–H groups in total. The van der Waals surface area contributed by atoms with Crippen LogP contribution in [0, 0.1) is 12.8 Å². The van der Waals surface area contributed by atoms with E-state index in [1.165, 1.54) is 16.7 Å². The lowest BCUT2D eigenvalue weighted by Crippen LogP contribution is -2.44. The van der Waals surface area contributed by atoms with Crippen LogP contribution in [0.4, 0.5) is 0 Å². The van der Waals surface area contributed by atoms with Gasteiger partial charge in [-0.15, -0.1) is 0 Å². The number of hydrogen-bond donors (Lipinski definition) is 1. The summed E-state index contributed by atoms with van der Waals surface area (Å²) in [6, 6.07) is 19.0. The summed E-state index contributed by atoms with van der Waals surface area (Å²) in [5.41, 5.74) is 3.70. The number of carbonyl (C=O) groups excluding carboxylic acids is 1. The molecule has 0 spiro atoms. The largest absolute Gasteiger partial charge is 0.379 e. The molecule has 0 aromatic heterocycles. The van der Waals surface area contributed by atoms with Crippen molar-refractivity contribution in [2.75, 3.05) is 32.8 Å². The van der Waals surface area contributed by atoms with E-state index in [9.17, 15) is 4.79 Å². The molecule has 1 saturated heterocycles. The maximum Gasteiger partial charge on any atom is 0.223 e. The zero-order valence-corrected chi connectivity index (χ0v) is 16.4. The topological polar surface area (TPSA) is 41.6 Å². The van der Waals surface area contributed by atoms with Crippen LogP contribution in [0.2, 0.25) is 0 Å². The second-order valence-corrected chi connectivity index (χ2v) is 7.41. The summed E-state index contributed by atoms with van der Waals surface area (Å²) >= 11 is 0. The van der Waals surface area contributed by atoms with Crippen LogP contribution in [0.3, 0.4) is 0 Å². The number of nitrogens with zero attached hydrogens (tertiary/aromatic N) is 1. The second kappa shape index (κ2) is 9.67. The van der Waals surface area contributed by atoms with Crippen LogP contribution < -0.4 is 5.32 Å². The number of morpholine rings is 1. The molecule has 27 heavy (non-hydrogen) atoms. The molecule has 4 heteroatoms. The molecule has 4 nitrogen and oxygen atoms in total. The van der Waals surface area contributed by atoms with Gasteiger partial charge in [-0.3, -0.25) is 9.69 Å². The smallest absolute Gasteiger partial charge is 0.223 e. The third-order valence-electron chi connectivity index (χ3n) is 5.22. The quantitative estimate of drug-likeness (QED) is 0.817. The van der Waals surface area contributed by atoms with Crippen molar-refractivity contribution >= 4 is 5.91 Å². The highest BCUT2D eigenvalue weighted by Gasteiger charge is 2.24. The first-order chi connectivity index (χ1) is 13.1. The Bertz CT molecular complexity index is 726. The van der Waals surface area contributed by atoms with Crippen LogP contribution >= 0.6 is 0 Å². The average Bonchev–Trinajstić information content (AvgIpc) is 2.69. The third kappa shape index (κ3) is 5.65. The van der Waals surface area contributed by atoms with E-state index in [0.717, 1.165) is 32.7 Å². The van der Waals surface area contributed by atoms with Gasteiger partial charge in [0.15, 0.2) is 0 Å². The van der Waals surface area contributed by atoms with Gasteiger partial charge in [-0.05, 0) is 24.5 Å². The number of hydrogen-bond acceptors (Lipinski definition) is 3. The fourth-order valence-electron chi connectivity index (χ4n) is 3.66. The Hall–Kier alpha value is -2.17. The number of carbonyl (C=O) groups is 1. The molecule has 2 unspecified atom stereocenters. The highest BCUT2D eigenvalue weighted by molar-refractivity contribution is 5.78. The number of rotatable bonds is 7. The Kier molecular flexibility index (Phi) is 7.02. The summed E-state index contributed by atoms with van der Waals surface area (Å²) in [4.78, 5) is 15.1. The molecule has 2 aromatic rings. The Balaban J connectivity index is 1.64. The zero-order valence-electron chi connectivity index (χ0n) is 16.4. The van der Waals surface area contributed by atoms with Crippen molar-refractivity contribution in [1.29, 1.82) is 0 Å². The van der Waals surface area contributed by atoms with Crippen molar-refractivity contribution in [3.8, 4) is 0 Å². The molecule has 0 bridgehead atoms. The van der Waals surface area contributed by atoms with Crippen LogP contribution in [0.1, 0.15) is 29.7 Å². The van der Waals surface area contributed by atoms with Gasteiger partial charge in [0.1, 0.15) is 0 Å². The number of ether oxygens (including phenoxy) is 1. The minimum atomic E-state index is -0.0461. The standard InChI is InChI=1S/C23H30N2O2/c1-18-7-6-10-21(15-18)22(25-11-13-27-14-12-25)17-24-23(26)19(2)16-20-8-4-3-5-9-20/h3-10,15,19,22H,11-14,16-17H2,1-2H3,(H,24,26). The molecule has 1 fully saturated rings. The molecule has 2 aromatic carbocycles. The molecular formula is C23H30N2O2. The van der Waals surface area contributed by atoms with Gasteiger partial charge in [-0.25, -0.2) is 0 Å². The number of nitrogens with one attached hydrogen (secondary N) is 1. The van der Waals surface area contributed by atoms with E-state index in [4.69, 9.17) is 4.74 Å². The summed E-state index contributed by atoms with van der Waals surface area (Å²) < 4.78 is 5.51. The molecule has 144 valence electrons. The number of amides is 1. The monoisotopic (exact) mass is 366 g/mol. The SMILES string of the molecule is Cc1cccc(C(CNC(=O)C(C)Cc2ccccc2)N2CCOCC2)c1. The van der Waals surface area contributed by atoms with Gasteiger partial charge in [-0.1, -0.05) is 67.1 Å². The number of benzene rings is 2. The first-order valence-corrected chi connectivity index (χ1v) is 9.83. The zero-order chi connectivity index (χ0) is 19.1. The lowest BCUT2D eigenvalue weighted by molar-refractivity contribution is -0.124. The normalized spacial score (nSPS) is 17.3. The fourth-order valence-corrected chi connectivity index (χ4v) is 3.66. The Morgan fingerprint density at radius 1 is 1.11 bits per heavy atom. The van der Waals surface area contributed by atoms with Gasteiger partial charge >= 0.3 is 0 Å². The van der Waals surface area contributed by atoms with Crippen LogP contribution in [-0.4, -0.2) is 43.7 Å². The lowest BCUT2D eigenvalue weighted by Gasteiger charge is -2.35. The third-order valence-corrected chi connectivity index (χ3v) is 5.22. The van der Waals surface area contributed by atoms with Crippen molar-refractivity contribution in [3.05, 3.63) is 71.3 Å². The fraction of sp³-hybridized carbons (Fsp3) is 0.435. The Morgan fingerprint density at radius 2 is 1.85 bits per heavy atom. The molecule has 1 amide bonds. The van der Waals surface area contributed by atoms with E-state index in [0.29, 0.717) is 6.54 Å². The van der Waals surface area contributed by atoms with Gasteiger partial charge < -0.3 is 10.1 Å². The van der Waals surface area contributed by atoms with Crippen molar-refractivity contribution in [2.24, 2.45) is 5.92 Å². The predicted octanol–water partition coefficient (Wildman–Crippen LogP) is 3.36. The maximum atomic E-state index is 12.7. The second-order valence-electron chi connectivity index (χ2n) is 7.41. The predicted molar refractivity (Wildman–Crippen MR) is 109 cm³/mol. The molecule has 1 heterocycles. The summed E-state index contributed by atoms with van der Waals surface area (Å²) in [5, 5.41) is 3.20. The number of aryl methyl sites for hydroxylation is 1. The molecular weight excluding hydrogens is 336 g/mol. The molecule has 2 atom stereocenters. The van der Waals surface area contributed by atoms with Gasteiger partial charge in [-0.2, -0.15) is 0 Å². The minimum Gasteiger partial charge on any atom is -0.379 e. The van der Waals surface area contributed by atoms with Gasteiger partial charge in [0.05, 0.1) is 19.3 Å². The first kappa shape index (κ1) is 19.6. The summed E-state index contributed by atoms with van der Waals surface area (Å²) in [6.45, 7) is 8.03. The molecule has 0 radical (unpaired) electrons. The van der Waals surface area contributed by atoms with Crippen LogP contribution in [0.5, 0.6) is 0 Å². The maximum absolute atomic E-state index is 12.7. The van der Waals surface area contributed by atoms with Crippen LogP contribution in [0.25, 0.3) is 0 Å². The van der Waals surface area contributed by atoms with Crippen molar-refractivity contribution < 1.29 is 9.53 Å². The van der Waals surface area contributed by atoms with Gasteiger partial charge in [0.2, 0.25) is 5.91 Å². The van der Waals surface area contributed by atoms with Gasteiger partial charge in [0.25, 0.3) is 0 Å². The molecule has 0 saturated carbocycles. The first-order valence-electron chi connectivity index (χ1n) is 9.83. The van der Waals surface area contributed by atoms with E-state index < -0.39 is 0 Å². The summed E-state index contributed by atoms with van der Waals surface area (Å²) in [6.07, 6.45) is 0.763. The van der Waals surface area contributed by atoms with E-state index in [2.05, 4.69) is 53.5 Å². The van der Waals surface area contributed by atoms with E-state index in [1.54, 1.807) is 0 Å². The molecule has 3 rings (SSSR count). The van der Waals surface area contributed by atoms with Crippen LogP contribution in [0.15, 0.2) is 54.6 Å². The lowest BCUT2D eigenvalue weighted by atomic mass is 9.99. The van der Waals surface area contributed by atoms with E-state index in [-0.39, 0.29) is 17.9 Å². The minimum absolute atomic E-state index is 0.0461. The highest BCUT2D eigenvalue weighted by Crippen LogP contribution is 2.22. The van der Waals surface area contributed by atoms with Crippen molar-refractivity contribution in [2.45, 2.75) is 26.3 Å². The van der Waals surface area contributed by atoms with E-state index in [1.807, 2.05) is 25.1 Å². The highest BCUT2D eigenvalue weighted by atomic mass is 16.5. The van der Waals surface area contributed by atoms with E-state index >= 15 is 0 Å². The average molecular weight is 367 g/mol. The van der Waals surface area contributed by atoms with Crippen LogP contribution in [-0.2, 0) is 16.0 Å². The molecule has 0 aliphatic carbocycles. The Labute approximate surface area is 162 Å². The summed E-state index contributed by atoms with van der Waals surface area (Å²) in [7, 11) is 0. The molecule has 1 aliphatic heterocycles. The molecule has 1 aliphatic rings. The Morgan fingerprint density at radius 3 is 2.56 bits per heavy atom. The van der Waals surface area contributed by atoms with Crippen molar-refractivity contribution in [3.63, 3.8) is 0 Å². The van der Waals surface area contributed by atoms with Gasteiger partial charge in [0, 0.05) is 25.6 Å². The summed E-state index contributed by atoms with van der Waals surface area (Å²) in [5.74, 6) is 0.0695. The van der Waals surface area contributed by atoms with Crippen molar-refractivity contribution in [1.82, 2.24) is 10.2 Å².